The number of carbonyl (C=O) groups excluding carboxylic acids is 1. The van der Waals surface area contributed by atoms with E-state index in [1.807, 2.05) is 20.8 Å². The normalized spacial score (nSPS) is 22.2. The molecule has 3 aromatic rings. The van der Waals surface area contributed by atoms with Gasteiger partial charge in [0.1, 0.15) is 22.8 Å². The molecule has 0 bridgehead atoms. The monoisotopic (exact) mass is 617 g/mol. The van der Waals surface area contributed by atoms with Crippen LogP contribution in [0.15, 0.2) is 54.6 Å². The molecule has 4 rings (SSSR count). The van der Waals surface area contributed by atoms with Crippen molar-refractivity contribution in [2.24, 2.45) is 5.41 Å². The standard InChI is InChI=1S/C31H31Cl2F2N3O4/c1-30(2,3)14-24-31(15-36,19-10-9-17(32)13-21(19)34)25(18-6-5-7-20(33)26(18)35)27(38-24)28(39)37-22-11-8-16(29(40)41)12-23(22)42-4/h5-13,24-25,27,29,38,40-41H,14H2,1-4H3,(H,37,39). The number of hydrogen-bond acceptors (Lipinski definition) is 6. The van der Waals surface area contributed by atoms with Crippen molar-refractivity contribution in [1.29, 1.82) is 5.26 Å². The molecule has 3 aromatic carbocycles. The summed E-state index contributed by atoms with van der Waals surface area (Å²) in [6.45, 7) is 5.83. The van der Waals surface area contributed by atoms with Crippen molar-refractivity contribution in [2.45, 2.75) is 56.9 Å². The number of carbonyl (C=O) groups is 1. The highest BCUT2D eigenvalue weighted by Crippen LogP contribution is 2.53. The number of nitrogens with one attached hydrogen (secondary N) is 2. The molecule has 0 spiro atoms. The van der Waals surface area contributed by atoms with E-state index in [-0.39, 0.29) is 38.2 Å². The fourth-order valence-corrected chi connectivity index (χ4v) is 6.08. The van der Waals surface area contributed by atoms with Crippen molar-refractivity contribution in [3.8, 4) is 11.8 Å². The molecule has 1 saturated heterocycles. The van der Waals surface area contributed by atoms with Crippen LogP contribution in [-0.4, -0.2) is 35.3 Å². The molecule has 0 aliphatic carbocycles. The Labute approximate surface area is 253 Å². The second-order valence-corrected chi connectivity index (χ2v) is 12.4. The number of ether oxygens (including phenoxy) is 1. The average molecular weight is 619 g/mol. The Bertz CT molecular complexity index is 1540. The van der Waals surface area contributed by atoms with Gasteiger partial charge < -0.3 is 25.6 Å². The maximum absolute atomic E-state index is 15.8. The number of nitrogens with zero attached hydrogens (tertiary/aromatic N) is 1. The van der Waals surface area contributed by atoms with Crippen molar-refractivity contribution in [3.63, 3.8) is 0 Å². The summed E-state index contributed by atoms with van der Waals surface area (Å²) in [6.07, 6.45) is -1.45. The minimum Gasteiger partial charge on any atom is -0.495 e. The highest BCUT2D eigenvalue weighted by atomic mass is 35.5. The van der Waals surface area contributed by atoms with E-state index >= 15 is 8.78 Å². The van der Waals surface area contributed by atoms with Gasteiger partial charge in [0.05, 0.1) is 29.9 Å². The van der Waals surface area contributed by atoms with Gasteiger partial charge in [-0.15, -0.1) is 0 Å². The molecule has 4 N–H and O–H groups in total. The topological polar surface area (TPSA) is 115 Å². The summed E-state index contributed by atoms with van der Waals surface area (Å²) in [5.74, 6) is -3.35. The van der Waals surface area contributed by atoms with Crippen LogP contribution in [0.1, 0.15) is 56.1 Å². The molecule has 0 aromatic heterocycles. The predicted molar refractivity (Wildman–Crippen MR) is 156 cm³/mol. The third-order valence-corrected chi connectivity index (χ3v) is 8.04. The molecular weight excluding hydrogens is 587 g/mol. The maximum Gasteiger partial charge on any atom is 0.242 e. The van der Waals surface area contributed by atoms with Gasteiger partial charge in [0.15, 0.2) is 6.29 Å². The Hall–Kier alpha value is -3.26. The summed E-state index contributed by atoms with van der Waals surface area (Å²) >= 11 is 12.2. The number of nitriles is 1. The fraction of sp³-hybridized carbons (Fsp3) is 0.355. The van der Waals surface area contributed by atoms with Crippen molar-refractivity contribution in [3.05, 3.63) is 93.0 Å². The highest BCUT2D eigenvalue weighted by Gasteiger charge is 2.61. The molecule has 222 valence electrons. The Balaban J connectivity index is 1.94. The van der Waals surface area contributed by atoms with Gasteiger partial charge in [-0.25, -0.2) is 8.78 Å². The van der Waals surface area contributed by atoms with Gasteiger partial charge in [-0.1, -0.05) is 68.2 Å². The molecule has 0 radical (unpaired) electrons. The fourth-order valence-electron chi connectivity index (χ4n) is 5.74. The molecule has 1 aliphatic heterocycles. The van der Waals surface area contributed by atoms with E-state index in [0.29, 0.717) is 6.42 Å². The maximum atomic E-state index is 15.8. The molecule has 1 heterocycles. The smallest absolute Gasteiger partial charge is 0.242 e. The number of aliphatic hydroxyl groups excluding tert-OH is 1. The van der Waals surface area contributed by atoms with Crippen LogP contribution in [0.25, 0.3) is 0 Å². The van der Waals surface area contributed by atoms with E-state index in [9.17, 15) is 20.3 Å². The molecule has 1 amide bonds. The van der Waals surface area contributed by atoms with Gasteiger partial charge in [-0.3, -0.25) is 4.79 Å². The first kappa shape index (κ1) is 31.7. The van der Waals surface area contributed by atoms with Crippen LogP contribution < -0.4 is 15.4 Å². The Morgan fingerprint density at radius 3 is 2.48 bits per heavy atom. The number of halogens is 4. The van der Waals surface area contributed by atoms with E-state index in [2.05, 4.69) is 16.7 Å². The third kappa shape index (κ3) is 5.96. The van der Waals surface area contributed by atoms with Crippen LogP contribution in [0.5, 0.6) is 5.75 Å². The zero-order valence-corrected chi connectivity index (χ0v) is 24.9. The van der Waals surface area contributed by atoms with Crippen LogP contribution in [0, 0.1) is 28.4 Å². The van der Waals surface area contributed by atoms with E-state index in [4.69, 9.17) is 27.9 Å². The molecule has 11 heteroatoms. The number of aliphatic hydroxyl groups is 2. The Morgan fingerprint density at radius 1 is 1.17 bits per heavy atom. The van der Waals surface area contributed by atoms with Crippen LogP contribution in [0.2, 0.25) is 10.0 Å². The lowest BCUT2D eigenvalue weighted by atomic mass is 9.62. The SMILES string of the molecule is COc1cc(C(O)O)ccc1NC(=O)C1NC(CC(C)(C)C)C(C#N)(c2ccc(Cl)cc2F)C1c1cccc(Cl)c1F. The third-order valence-electron chi connectivity index (χ3n) is 7.51. The second-order valence-electron chi connectivity index (χ2n) is 11.5. The predicted octanol–water partition coefficient (Wildman–Crippen LogP) is 6.22. The summed E-state index contributed by atoms with van der Waals surface area (Å²) in [7, 11) is 1.35. The van der Waals surface area contributed by atoms with Crippen molar-refractivity contribution >= 4 is 34.8 Å². The molecular formula is C31H31Cl2F2N3O4. The number of amides is 1. The minimum absolute atomic E-state index is 0.0327. The lowest BCUT2D eigenvalue weighted by molar-refractivity contribution is -0.118. The van der Waals surface area contributed by atoms with Crippen LogP contribution in [0.4, 0.5) is 14.5 Å². The quantitative estimate of drug-likeness (QED) is 0.234. The largest absolute Gasteiger partial charge is 0.495 e. The molecule has 1 fully saturated rings. The van der Waals surface area contributed by atoms with Gasteiger partial charge in [-0.05, 0) is 47.7 Å². The lowest BCUT2D eigenvalue weighted by Gasteiger charge is -2.37. The van der Waals surface area contributed by atoms with Crippen molar-refractivity contribution < 1.29 is 28.5 Å². The first-order valence-electron chi connectivity index (χ1n) is 13.1. The molecule has 7 nitrogen and oxygen atoms in total. The number of methoxy groups -OCH3 is 1. The molecule has 4 atom stereocenters. The van der Waals surface area contributed by atoms with E-state index in [1.165, 1.54) is 55.6 Å². The first-order valence-corrected chi connectivity index (χ1v) is 13.9. The van der Waals surface area contributed by atoms with Crippen molar-refractivity contribution in [2.75, 3.05) is 12.4 Å². The first-order chi connectivity index (χ1) is 19.7. The second kappa shape index (κ2) is 12.2. The molecule has 1 aliphatic rings. The number of anilines is 1. The zero-order chi connectivity index (χ0) is 31.0. The van der Waals surface area contributed by atoms with Gasteiger partial charge in [-0.2, -0.15) is 5.26 Å². The summed E-state index contributed by atoms with van der Waals surface area (Å²) in [6, 6.07) is 12.6. The van der Waals surface area contributed by atoms with Crippen molar-refractivity contribution in [1.82, 2.24) is 5.32 Å². The van der Waals surface area contributed by atoms with Crippen LogP contribution in [-0.2, 0) is 10.2 Å². The van der Waals surface area contributed by atoms with E-state index in [1.54, 1.807) is 0 Å². The summed E-state index contributed by atoms with van der Waals surface area (Å²) in [5.41, 5.74) is -1.91. The Morgan fingerprint density at radius 2 is 1.88 bits per heavy atom. The van der Waals surface area contributed by atoms with E-state index in [0.717, 1.165) is 6.07 Å². The molecule has 42 heavy (non-hydrogen) atoms. The summed E-state index contributed by atoms with van der Waals surface area (Å²) in [4.78, 5) is 14.1. The highest BCUT2D eigenvalue weighted by molar-refractivity contribution is 6.31. The zero-order valence-electron chi connectivity index (χ0n) is 23.4. The van der Waals surface area contributed by atoms with Gasteiger partial charge in [0, 0.05) is 28.1 Å². The molecule has 4 unspecified atom stereocenters. The average Bonchev–Trinajstić information content (AvgIpc) is 3.23. The van der Waals surface area contributed by atoms with Crippen LogP contribution >= 0.6 is 23.2 Å². The van der Waals surface area contributed by atoms with Gasteiger partial charge >= 0.3 is 0 Å². The number of hydrogen-bond donors (Lipinski definition) is 4. The van der Waals surface area contributed by atoms with Gasteiger partial charge in [0.2, 0.25) is 5.91 Å². The Kier molecular flexibility index (Phi) is 9.17. The van der Waals surface area contributed by atoms with Crippen LogP contribution in [0.3, 0.4) is 0 Å². The molecule has 0 saturated carbocycles. The number of benzene rings is 3. The lowest BCUT2D eigenvalue weighted by Crippen LogP contribution is -2.45. The summed E-state index contributed by atoms with van der Waals surface area (Å²) < 4.78 is 36.9. The number of rotatable bonds is 7. The minimum atomic E-state index is -1.77. The van der Waals surface area contributed by atoms with Gasteiger partial charge in [0.25, 0.3) is 0 Å². The van der Waals surface area contributed by atoms with E-state index < -0.39 is 52.7 Å². The summed E-state index contributed by atoms with van der Waals surface area (Å²) in [5, 5.41) is 35.9.